The maximum Gasteiger partial charge on any atom is 0.250 e. The van der Waals surface area contributed by atoms with Gasteiger partial charge in [-0.1, -0.05) is 45.4 Å². The summed E-state index contributed by atoms with van der Waals surface area (Å²) in [5.41, 5.74) is 5.86. The first-order valence-electron chi connectivity index (χ1n) is 9.87. The van der Waals surface area contributed by atoms with Crippen molar-refractivity contribution in [2.45, 2.75) is 12.1 Å². The topological polar surface area (TPSA) is 105 Å². The molecule has 0 bridgehead atoms. The van der Waals surface area contributed by atoms with Gasteiger partial charge in [0, 0.05) is 33.7 Å². The second kappa shape index (κ2) is 10.4. The summed E-state index contributed by atoms with van der Waals surface area (Å²) < 4.78 is 2.71. The predicted molar refractivity (Wildman–Crippen MR) is 132 cm³/mol. The highest BCUT2D eigenvalue weighted by Gasteiger charge is 2.17. The number of thioether (sulfide) groups is 1. The molecule has 2 heterocycles. The number of halogens is 1. The van der Waals surface area contributed by atoms with E-state index in [0.717, 1.165) is 21.3 Å². The van der Waals surface area contributed by atoms with E-state index >= 15 is 0 Å². The molecule has 0 spiro atoms. The van der Waals surface area contributed by atoms with E-state index in [1.54, 1.807) is 30.6 Å². The quantitative estimate of drug-likeness (QED) is 0.212. The van der Waals surface area contributed by atoms with Gasteiger partial charge in [-0.05, 0) is 49.4 Å². The van der Waals surface area contributed by atoms with Crippen molar-refractivity contribution in [2.24, 2.45) is 5.10 Å². The summed E-state index contributed by atoms with van der Waals surface area (Å²) in [5.74, 6) is 0.504. The number of phenols is 1. The minimum Gasteiger partial charge on any atom is -0.507 e. The smallest absolute Gasteiger partial charge is 0.250 e. The number of aryl methyl sites for hydroxylation is 1. The van der Waals surface area contributed by atoms with E-state index in [1.807, 2.05) is 47.9 Å². The van der Waals surface area contributed by atoms with Gasteiger partial charge in [-0.3, -0.25) is 14.3 Å². The molecule has 33 heavy (non-hydrogen) atoms. The van der Waals surface area contributed by atoms with Crippen LogP contribution in [0.2, 0.25) is 0 Å². The number of hydrogen-bond acceptors (Lipinski definition) is 7. The number of aromatic hydroxyl groups is 1. The largest absolute Gasteiger partial charge is 0.507 e. The molecule has 0 atom stereocenters. The number of nitrogens with one attached hydrogen (secondary N) is 1. The first kappa shape index (κ1) is 22.7. The van der Waals surface area contributed by atoms with Crippen LogP contribution in [-0.2, 0) is 4.79 Å². The Morgan fingerprint density at radius 2 is 1.91 bits per heavy atom. The number of rotatable bonds is 7. The summed E-state index contributed by atoms with van der Waals surface area (Å²) in [6.07, 6.45) is 4.79. The molecule has 8 nitrogen and oxygen atoms in total. The highest BCUT2D eigenvalue weighted by molar-refractivity contribution is 9.10. The molecule has 0 fully saturated rings. The van der Waals surface area contributed by atoms with Crippen molar-refractivity contribution in [3.05, 3.63) is 82.6 Å². The molecule has 10 heteroatoms. The fourth-order valence-electron chi connectivity index (χ4n) is 2.94. The third-order valence-electron chi connectivity index (χ3n) is 4.58. The zero-order valence-corrected chi connectivity index (χ0v) is 19.9. The molecule has 0 aliphatic heterocycles. The van der Waals surface area contributed by atoms with Gasteiger partial charge in [0.15, 0.2) is 11.0 Å². The van der Waals surface area contributed by atoms with Crippen molar-refractivity contribution in [1.82, 2.24) is 25.2 Å². The average molecular weight is 523 g/mol. The van der Waals surface area contributed by atoms with Crippen LogP contribution in [0.5, 0.6) is 5.75 Å². The van der Waals surface area contributed by atoms with Gasteiger partial charge in [-0.15, -0.1) is 10.2 Å². The van der Waals surface area contributed by atoms with E-state index in [4.69, 9.17) is 0 Å². The number of hydrogen-bond donors (Lipinski definition) is 2. The van der Waals surface area contributed by atoms with Crippen LogP contribution < -0.4 is 5.43 Å². The van der Waals surface area contributed by atoms with Gasteiger partial charge in [-0.25, -0.2) is 5.43 Å². The van der Waals surface area contributed by atoms with Crippen molar-refractivity contribution >= 4 is 39.8 Å². The van der Waals surface area contributed by atoms with Gasteiger partial charge in [0.2, 0.25) is 0 Å². The van der Waals surface area contributed by atoms with Crippen molar-refractivity contribution < 1.29 is 9.90 Å². The summed E-state index contributed by atoms with van der Waals surface area (Å²) in [4.78, 5) is 16.4. The molecule has 4 aromatic rings. The number of benzene rings is 2. The van der Waals surface area contributed by atoms with Crippen LogP contribution in [0.1, 0.15) is 11.1 Å². The van der Waals surface area contributed by atoms with Crippen molar-refractivity contribution in [3.8, 4) is 22.8 Å². The van der Waals surface area contributed by atoms with Crippen LogP contribution in [0.25, 0.3) is 17.1 Å². The van der Waals surface area contributed by atoms with Crippen LogP contribution in [0.3, 0.4) is 0 Å². The number of carbonyl (C=O) groups excluding carboxylic acids is 1. The van der Waals surface area contributed by atoms with E-state index in [9.17, 15) is 9.90 Å². The fourth-order valence-corrected chi connectivity index (χ4v) is 4.07. The third-order valence-corrected chi connectivity index (χ3v) is 6.00. The van der Waals surface area contributed by atoms with Crippen molar-refractivity contribution in [1.29, 1.82) is 0 Å². The van der Waals surface area contributed by atoms with E-state index in [0.29, 0.717) is 16.5 Å². The molecule has 0 saturated heterocycles. The van der Waals surface area contributed by atoms with Gasteiger partial charge in [0.05, 0.1) is 12.0 Å². The predicted octanol–water partition coefficient (Wildman–Crippen LogP) is 4.35. The Bertz CT molecular complexity index is 1290. The van der Waals surface area contributed by atoms with Crippen LogP contribution in [0, 0.1) is 6.92 Å². The Morgan fingerprint density at radius 3 is 2.67 bits per heavy atom. The molecule has 1 amide bonds. The van der Waals surface area contributed by atoms with Crippen LogP contribution in [0.15, 0.2) is 81.7 Å². The Balaban J connectivity index is 1.50. The van der Waals surface area contributed by atoms with Gasteiger partial charge in [0.1, 0.15) is 5.75 Å². The molecule has 0 saturated carbocycles. The van der Waals surface area contributed by atoms with E-state index in [-0.39, 0.29) is 17.4 Å². The summed E-state index contributed by atoms with van der Waals surface area (Å²) in [7, 11) is 0. The average Bonchev–Trinajstić information content (AvgIpc) is 3.25. The molecule has 2 aromatic carbocycles. The van der Waals surface area contributed by atoms with Gasteiger partial charge >= 0.3 is 0 Å². The second-order valence-electron chi connectivity index (χ2n) is 7.00. The Labute approximate surface area is 202 Å². The normalized spacial score (nSPS) is 11.1. The summed E-state index contributed by atoms with van der Waals surface area (Å²) in [5, 5.41) is 23.0. The van der Waals surface area contributed by atoms with Crippen LogP contribution >= 0.6 is 27.7 Å². The summed E-state index contributed by atoms with van der Waals surface area (Å²) in [6, 6.07) is 16.7. The van der Waals surface area contributed by atoms with Gasteiger partial charge in [0.25, 0.3) is 5.91 Å². The van der Waals surface area contributed by atoms with Crippen LogP contribution in [0.4, 0.5) is 0 Å². The molecule has 0 aliphatic rings. The molecule has 0 radical (unpaired) electrons. The summed E-state index contributed by atoms with van der Waals surface area (Å²) in [6.45, 7) is 2.02. The van der Waals surface area contributed by atoms with E-state index in [1.165, 1.54) is 18.0 Å². The molecule has 2 aromatic heterocycles. The van der Waals surface area contributed by atoms with Crippen LogP contribution in [-0.4, -0.2) is 42.7 Å². The van der Waals surface area contributed by atoms with Gasteiger partial charge < -0.3 is 5.11 Å². The molecule has 0 unspecified atom stereocenters. The molecular weight excluding hydrogens is 504 g/mol. The number of amides is 1. The molecule has 2 N–H and O–H groups in total. The van der Waals surface area contributed by atoms with E-state index in [2.05, 4.69) is 41.6 Å². The number of aromatic nitrogens is 4. The summed E-state index contributed by atoms with van der Waals surface area (Å²) >= 11 is 4.59. The lowest BCUT2D eigenvalue weighted by Gasteiger charge is -2.10. The van der Waals surface area contributed by atoms with Gasteiger partial charge in [-0.2, -0.15) is 5.10 Å². The second-order valence-corrected chi connectivity index (χ2v) is 8.86. The lowest BCUT2D eigenvalue weighted by molar-refractivity contribution is -0.118. The monoisotopic (exact) mass is 522 g/mol. The lowest BCUT2D eigenvalue weighted by Crippen LogP contribution is -2.20. The molecule has 4 rings (SSSR count). The maximum atomic E-state index is 12.3. The Morgan fingerprint density at radius 1 is 1.15 bits per heavy atom. The zero-order valence-electron chi connectivity index (χ0n) is 17.5. The number of phenolic OH excluding ortho intramolecular Hbond substituents is 1. The number of hydrazone groups is 1. The molecule has 0 aliphatic carbocycles. The fraction of sp³-hybridized carbons (Fsp3) is 0.0870. The number of nitrogens with zero attached hydrogens (tertiary/aromatic N) is 5. The lowest BCUT2D eigenvalue weighted by atomic mass is 10.2. The van der Waals surface area contributed by atoms with E-state index < -0.39 is 0 Å². The minimum atomic E-state index is -0.311. The number of pyridine rings is 1. The first-order valence-corrected chi connectivity index (χ1v) is 11.6. The highest BCUT2D eigenvalue weighted by Crippen LogP contribution is 2.28. The first-order chi connectivity index (χ1) is 16.0. The van der Waals surface area contributed by atoms with Crippen molar-refractivity contribution in [3.63, 3.8) is 0 Å². The zero-order chi connectivity index (χ0) is 23.2. The Hall–Kier alpha value is -3.50. The molecular formula is C23H19BrN6O2S. The maximum absolute atomic E-state index is 12.3. The third kappa shape index (κ3) is 5.65. The number of carbonyl (C=O) groups is 1. The Kier molecular flexibility index (Phi) is 7.16. The van der Waals surface area contributed by atoms with Crippen molar-refractivity contribution in [2.75, 3.05) is 5.75 Å². The standard InChI is InChI=1S/C23H19BrN6O2S/c1-15-2-5-19(6-3-15)30-22(16-8-10-25-11-9-16)28-29-23(30)33-14-21(32)27-26-13-17-12-18(24)4-7-20(17)31/h2-13,31H,14H2,1H3,(H,27,32)/b26-13-. The minimum absolute atomic E-state index is 0.0698. The molecule has 166 valence electrons. The highest BCUT2D eigenvalue weighted by atomic mass is 79.9. The SMILES string of the molecule is Cc1ccc(-n2c(SCC(=O)N/N=C\c3cc(Br)ccc3O)nnc2-c2ccncc2)cc1.